The molecule has 0 radical (unpaired) electrons. The standard InChI is InChI=1S/C25H23ClN2O4S/c1-4-32-25(29)23-17(3)28(19-12-10-16(2)11-13-19)24-21(23)14-18(15-22(24)26)27-33(30,31)20-8-6-5-7-9-20/h5-15,27H,4H2,1-3H3. The van der Waals surface area contributed by atoms with Crippen LogP contribution in [-0.2, 0) is 14.8 Å². The number of esters is 1. The van der Waals surface area contributed by atoms with Crippen LogP contribution in [0.4, 0.5) is 5.69 Å². The van der Waals surface area contributed by atoms with E-state index in [0.717, 1.165) is 11.3 Å². The Hall–Kier alpha value is -3.29. The van der Waals surface area contributed by atoms with Gasteiger partial charge in [-0.15, -0.1) is 0 Å². The van der Waals surface area contributed by atoms with E-state index in [2.05, 4.69) is 4.72 Å². The number of halogens is 1. The van der Waals surface area contributed by atoms with Crippen molar-refractivity contribution in [1.29, 1.82) is 0 Å². The van der Waals surface area contributed by atoms with E-state index >= 15 is 0 Å². The molecule has 0 amide bonds. The first-order chi connectivity index (χ1) is 15.7. The zero-order valence-electron chi connectivity index (χ0n) is 18.4. The SMILES string of the molecule is CCOC(=O)c1c(C)n(-c2ccc(C)cc2)c2c(Cl)cc(NS(=O)(=O)c3ccccc3)cc12. The van der Waals surface area contributed by atoms with Gasteiger partial charge in [0.25, 0.3) is 10.0 Å². The highest BCUT2D eigenvalue weighted by Crippen LogP contribution is 2.37. The molecule has 6 nitrogen and oxygen atoms in total. The van der Waals surface area contributed by atoms with E-state index < -0.39 is 16.0 Å². The molecule has 1 N–H and O–H groups in total. The quantitative estimate of drug-likeness (QED) is 0.348. The van der Waals surface area contributed by atoms with Gasteiger partial charge in [0.15, 0.2) is 0 Å². The summed E-state index contributed by atoms with van der Waals surface area (Å²) in [4.78, 5) is 13.0. The molecular formula is C25H23ClN2O4S. The number of benzene rings is 3. The molecule has 3 aromatic carbocycles. The summed E-state index contributed by atoms with van der Waals surface area (Å²) in [5.74, 6) is -0.495. The predicted octanol–water partition coefficient (Wildman–Crippen LogP) is 5.88. The fourth-order valence-electron chi connectivity index (χ4n) is 3.84. The van der Waals surface area contributed by atoms with Crippen molar-refractivity contribution in [3.63, 3.8) is 0 Å². The second kappa shape index (κ2) is 8.92. The Morgan fingerprint density at radius 3 is 2.33 bits per heavy atom. The Labute approximate surface area is 197 Å². The van der Waals surface area contributed by atoms with E-state index in [9.17, 15) is 13.2 Å². The molecule has 0 atom stereocenters. The summed E-state index contributed by atoms with van der Waals surface area (Å²) < 4.78 is 35.4. The molecule has 33 heavy (non-hydrogen) atoms. The molecule has 0 aliphatic rings. The number of sulfonamides is 1. The Kier molecular flexibility index (Phi) is 6.19. The van der Waals surface area contributed by atoms with Crippen molar-refractivity contribution in [3.05, 3.63) is 88.6 Å². The Bertz CT molecular complexity index is 1440. The minimum Gasteiger partial charge on any atom is -0.462 e. The molecule has 4 aromatic rings. The van der Waals surface area contributed by atoms with Gasteiger partial charge in [0.2, 0.25) is 0 Å². The zero-order valence-corrected chi connectivity index (χ0v) is 20.0. The van der Waals surface area contributed by atoms with Crippen LogP contribution >= 0.6 is 11.6 Å². The van der Waals surface area contributed by atoms with Crippen molar-refractivity contribution in [1.82, 2.24) is 4.57 Å². The Balaban J connectivity index is 1.93. The van der Waals surface area contributed by atoms with E-state index in [0.29, 0.717) is 27.2 Å². The van der Waals surface area contributed by atoms with Gasteiger partial charge in [-0.25, -0.2) is 13.2 Å². The number of hydrogen-bond acceptors (Lipinski definition) is 4. The summed E-state index contributed by atoms with van der Waals surface area (Å²) >= 11 is 6.68. The number of aromatic nitrogens is 1. The number of nitrogens with one attached hydrogen (secondary N) is 1. The van der Waals surface area contributed by atoms with Crippen molar-refractivity contribution >= 4 is 44.2 Å². The third-order valence-corrected chi connectivity index (χ3v) is 7.02. The maximum absolute atomic E-state index is 12.9. The van der Waals surface area contributed by atoms with Gasteiger partial charge >= 0.3 is 5.97 Å². The van der Waals surface area contributed by atoms with Crippen LogP contribution in [0.2, 0.25) is 5.02 Å². The average Bonchev–Trinajstić information content (AvgIpc) is 3.07. The molecule has 0 saturated carbocycles. The van der Waals surface area contributed by atoms with Crippen molar-refractivity contribution < 1.29 is 17.9 Å². The van der Waals surface area contributed by atoms with Gasteiger partial charge in [0.1, 0.15) is 0 Å². The number of anilines is 1. The number of carbonyl (C=O) groups excluding carboxylic acids is 1. The van der Waals surface area contributed by atoms with Gasteiger partial charge in [0, 0.05) is 16.8 Å². The second-order valence-corrected chi connectivity index (χ2v) is 9.71. The molecule has 170 valence electrons. The maximum atomic E-state index is 12.9. The molecule has 0 aliphatic heterocycles. The van der Waals surface area contributed by atoms with Crippen molar-refractivity contribution in [3.8, 4) is 5.69 Å². The zero-order chi connectivity index (χ0) is 23.8. The van der Waals surface area contributed by atoms with Gasteiger partial charge in [0.05, 0.1) is 33.3 Å². The highest BCUT2D eigenvalue weighted by atomic mass is 35.5. The molecule has 1 aromatic heterocycles. The van der Waals surface area contributed by atoms with Gasteiger partial charge in [-0.3, -0.25) is 4.72 Å². The second-order valence-electron chi connectivity index (χ2n) is 7.62. The minimum absolute atomic E-state index is 0.125. The number of ether oxygens (including phenoxy) is 1. The molecule has 4 rings (SSSR count). The van der Waals surface area contributed by atoms with Crippen molar-refractivity contribution in [2.24, 2.45) is 0 Å². The molecule has 0 bridgehead atoms. The fraction of sp³-hybridized carbons (Fsp3) is 0.160. The number of rotatable bonds is 6. The number of aryl methyl sites for hydroxylation is 1. The lowest BCUT2D eigenvalue weighted by molar-refractivity contribution is 0.0527. The maximum Gasteiger partial charge on any atom is 0.340 e. The van der Waals surface area contributed by atoms with Gasteiger partial charge < -0.3 is 9.30 Å². The molecule has 0 unspecified atom stereocenters. The van der Waals surface area contributed by atoms with E-state index in [1.807, 2.05) is 42.7 Å². The van der Waals surface area contributed by atoms with Crippen LogP contribution in [-0.4, -0.2) is 25.6 Å². The van der Waals surface area contributed by atoms with Crippen LogP contribution in [0.25, 0.3) is 16.6 Å². The molecule has 0 aliphatic carbocycles. The van der Waals surface area contributed by atoms with E-state index in [1.165, 1.54) is 12.1 Å². The van der Waals surface area contributed by atoms with Crippen LogP contribution in [0.5, 0.6) is 0 Å². The van der Waals surface area contributed by atoms with E-state index in [1.54, 1.807) is 37.3 Å². The van der Waals surface area contributed by atoms with Gasteiger partial charge in [-0.05, 0) is 57.2 Å². The molecular weight excluding hydrogens is 460 g/mol. The smallest absolute Gasteiger partial charge is 0.340 e. The van der Waals surface area contributed by atoms with Crippen LogP contribution in [0.1, 0.15) is 28.5 Å². The summed E-state index contributed by atoms with van der Waals surface area (Å²) in [7, 11) is -3.83. The minimum atomic E-state index is -3.83. The molecule has 1 heterocycles. The summed E-state index contributed by atoms with van der Waals surface area (Å²) in [6.07, 6.45) is 0. The number of nitrogens with zero attached hydrogens (tertiary/aromatic N) is 1. The number of fused-ring (bicyclic) bond motifs is 1. The molecule has 8 heteroatoms. The Morgan fingerprint density at radius 2 is 1.70 bits per heavy atom. The lowest BCUT2D eigenvalue weighted by atomic mass is 10.1. The van der Waals surface area contributed by atoms with Crippen molar-refractivity contribution in [2.45, 2.75) is 25.7 Å². The first-order valence-corrected chi connectivity index (χ1v) is 12.3. The largest absolute Gasteiger partial charge is 0.462 e. The van der Waals surface area contributed by atoms with Crippen LogP contribution in [0.3, 0.4) is 0 Å². The first-order valence-electron chi connectivity index (χ1n) is 10.4. The molecule has 0 spiro atoms. The third kappa shape index (κ3) is 4.34. The molecule has 0 fully saturated rings. The number of hydrogen-bond donors (Lipinski definition) is 1. The topological polar surface area (TPSA) is 77.4 Å². The van der Waals surface area contributed by atoms with Crippen molar-refractivity contribution in [2.75, 3.05) is 11.3 Å². The monoisotopic (exact) mass is 482 g/mol. The van der Waals surface area contributed by atoms with Gasteiger partial charge in [-0.2, -0.15) is 0 Å². The van der Waals surface area contributed by atoms with E-state index in [4.69, 9.17) is 16.3 Å². The van der Waals surface area contributed by atoms with E-state index in [-0.39, 0.29) is 17.2 Å². The highest BCUT2D eigenvalue weighted by Gasteiger charge is 2.25. The van der Waals surface area contributed by atoms with Crippen LogP contribution in [0.15, 0.2) is 71.6 Å². The Morgan fingerprint density at radius 1 is 1.03 bits per heavy atom. The predicted molar refractivity (Wildman–Crippen MR) is 131 cm³/mol. The average molecular weight is 483 g/mol. The normalized spacial score (nSPS) is 11.5. The van der Waals surface area contributed by atoms with Gasteiger partial charge in [-0.1, -0.05) is 47.5 Å². The summed E-state index contributed by atoms with van der Waals surface area (Å²) in [6, 6.07) is 19.0. The third-order valence-electron chi connectivity index (χ3n) is 5.33. The fourth-order valence-corrected chi connectivity index (χ4v) is 5.21. The lowest BCUT2D eigenvalue weighted by Crippen LogP contribution is -2.13. The van der Waals surface area contributed by atoms with Crippen LogP contribution in [0, 0.1) is 13.8 Å². The highest BCUT2D eigenvalue weighted by molar-refractivity contribution is 7.92. The summed E-state index contributed by atoms with van der Waals surface area (Å²) in [5.41, 5.74) is 3.78. The summed E-state index contributed by atoms with van der Waals surface area (Å²) in [5, 5.41) is 0.808. The summed E-state index contributed by atoms with van der Waals surface area (Å²) in [6.45, 7) is 5.76. The lowest BCUT2D eigenvalue weighted by Gasteiger charge is -2.12. The first kappa shape index (κ1) is 22.9. The molecule has 0 saturated heterocycles. The number of carbonyl (C=O) groups is 1. The van der Waals surface area contributed by atoms with Crippen LogP contribution < -0.4 is 4.72 Å².